The predicted octanol–water partition coefficient (Wildman–Crippen LogP) is 1.01. The molecular weight excluding hydrogens is 190 g/mol. The summed E-state index contributed by atoms with van der Waals surface area (Å²) in [6, 6.07) is 2.51. The van der Waals surface area contributed by atoms with Crippen molar-refractivity contribution in [3.63, 3.8) is 0 Å². The molecule has 13 heavy (non-hydrogen) atoms. The summed E-state index contributed by atoms with van der Waals surface area (Å²) in [5.74, 6) is -1.39. The summed E-state index contributed by atoms with van der Waals surface area (Å²) in [4.78, 5) is 22.0. The summed E-state index contributed by atoms with van der Waals surface area (Å²) >= 11 is 1.31. The van der Waals surface area contributed by atoms with Crippen molar-refractivity contribution in [2.45, 2.75) is 13.0 Å². The van der Waals surface area contributed by atoms with Crippen molar-refractivity contribution in [3.05, 3.63) is 22.4 Å². The minimum atomic E-state index is -1.04. The van der Waals surface area contributed by atoms with Crippen LogP contribution in [0.5, 0.6) is 0 Å². The molecule has 0 aromatic carbocycles. The maximum atomic E-state index is 10.7. The third kappa shape index (κ3) is 2.55. The molecule has 2 N–H and O–H groups in total. The van der Waals surface area contributed by atoms with Gasteiger partial charge in [-0.1, -0.05) is 6.07 Å². The minimum absolute atomic E-state index is 0.346. The van der Waals surface area contributed by atoms with E-state index in [1.54, 1.807) is 17.5 Å². The van der Waals surface area contributed by atoms with Gasteiger partial charge in [0, 0.05) is 11.8 Å². The maximum Gasteiger partial charge on any atom is 0.331 e. The molecule has 0 aliphatic rings. The monoisotopic (exact) mass is 199 g/mol. The first-order valence-electron chi connectivity index (χ1n) is 3.64. The van der Waals surface area contributed by atoms with Crippen molar-refractivity contribution in [2.24, 2.45) is 0 Å². The second-order valence-electron chi connectivity index (χ2n) is 2.49. The molecule has 5 heteroatoms. The van der Waals surface area contributed by atoms with Gasteiger partial charge in [-0.25, -0.2) is 4.79 Å². The average Bonchev–Trinajstić information content (AvgIpc) is 2.50. The Morgan fingerprint density at radius 1 is 1.62 bits per heavy atom. The van der Waals surface area contributed by atoms with Crippen LogP contribution >= 0.6 is 11.3 Å². The number of aliphatic carboxylic acids is 1. The molecule has 0 aliphatic carbocycles. The summed E-state index contributed by atoms with van der Waals surface area (Å²) in [5, 5.41) is 12.9. The Morgan fingerprint density at radius 3 is 2.69 bits per heavy atom. The fourth-order valence-corrected chi connectivity index (χ4v) is 1.68. The highest BCUT2D eigenvalue weighted by molar-refractivity contribution is 7.10. The van der Waals surface area contributed by atoms with Crippen LogP contribution in [0.25, 0.3) is 0 Å². The molecule has 1 aromatic rings. The first-order chi connectivity index (χ1) is 6.11. The Morgan fingerprint density at radius 2 is 2.31 bits per heavy atom. The molecule has 0 saturated heterocycles. The lowest BCUT2D eigenvalue weighted by Gasteiger charge is -2.10. The van der Waals surface area contributed by atoms with Gasteiger partial charge in [-0.2, -0.15) is 0 Å². The van der Waals surface area contributed by atoms with E-state index in [1.807, 2.05) is 0 Å². The molecule has 0 radical (unpaired) electrons. The molecular formula is C8H9NO3S. The van der Waals surface area contributed by atoms with Gasteiger partial charge in [0.05, 0.1) is 0 Å². The van der Waals surface area contributed by atoms with Crippen LogP contribution in [0, 0.1) is 0 Å². The molecule has 1 atom stereocenters. The molecule has 0 unspecified atom stereocenters. The van der Waals surface area contributed by atoms with Crippen molar-refractivity contribution < 1.29 is 14.7 Å². The molecule has 70 valence electrons. The number of hydrogen-bond donors (Lipinski definition) is 2. The molecule has 1 heterocycles. The molecule has 1 rings (SSSR count). The van der Waals surface area contributed by atoms with Crippen LogP contribution < -0.4 is 5.32 Å². The van der Waals surface area contributed by atoms with Crippen LogP contribution in [0.2, 0.25) is 0 Å². The Balaban J connectivity index is 2.81. The van der Waals surface area contributed by atoms with E-state index in [2.05, 4.69) is 5.32 Å². The zero-order chi connectivity index (χ0) is 9.84. The molecule has 0 spiro atoms. The summed E-state index contributed by atoms with van der Waals surface area (Å²) in [6.07, 6.45) is 0. The summed E-state index contributed by atoms with van der Waals surface area (Å²) < 4.78 is 0. The second-order valence-corrected chi connectivity index (χ2v) is 3.47. The van der Waals surface area contributed by atoms with E-state index in [1.165, 1.54) is 18.3 Å². The number of amides is 1. The largest absolute Gasteiger partial charge is 0.479 e. The average molecular weight is 199 g/mol. The van der Waals surface area contributed by atoms with Crippen molar-refractivity contribution in [2.75, 3.05) is 0 Å². The van der Waals surface area contributed by atoms with Gasteiger partial charge < -0.3 is 10.4 Å². The van der Waals surface area contributed by atoms with Gasteiger partial charge in [-0.3, -0.25) is 4.79 Å². The van der Waals surface area contributed by atoms with Gasteiger partial charge in [0.15, 0.2) is 6.04 Å². The molecule has 4 nitrogen and oxygen atoms in total. The van der Waals surface area contributed by atoms with Gasteiger partial charge >= 0.3 is 5.97 Å². The van der Waals surface area contributed by atoms with E-state index in [4.69, 9.17) is 5.11 Å². The summed E-state index contributed by atoms with van der Waals surface area (Å²) in [7, 11) is 0. The molecule has 1 amide bonds. The lowest BCUT2D eigenvalue weighted by Crippen LogP contribution is -2.31. The smallest absolute Gasteiger partial charge is 0.331 e. The van der Waals surface area contributed by atoms with Gasteiger partial charge in [-0.05, 0) is 11.4 Å². The lowest BCUT2D eigenvalue weighted by atomic mass is 10.2. The highest BCUT2D eigenvalue weighted by atomic mass is 32.1. The van der Waals surface area contributed by atoms with E-state index in [0.29, 0.717) is 4.88 Å². The molecule has 0 saturated carbocycles. The first kappa shape index (κ1) is 9.73. The van der Waals surface area contributed by atoms with Crippen molar-refractivity contribution in [3.8, 4) is 0 Å². The van der Waals surface area contributed by atoms with Crippen LogP contribution in [0.1, 0.15) is 17.8 Å². The minimum Gasteiger partial charge on any atom is -0.479 e. The van der Waals surface area contributed by atoms with Crippen LogP contribution in [0.4, 0.5) is 0 Å². The number of carboxylic acid groups (broad SMARTS) is 1. The van der Waals surface area contributed by atoms with Crippen molar-refractivity contribution in [1.29, 1.82) is 0 Å². The van der Waals surface area contributed by atoms with E-state index < -0.39 is 12.0 Å². The van der Waals surface area contributed by atoms with Crippen LogP contribution in [-0.4, -0.2) is 17.0 Å². The Hall–Kier alpha value is -1.36. The number of thiophene rings is 1. The topological polar surface area (TPSA) is 66.4 Å². The zero-order valence-electron chi connectivity index (χ0n) is 6.98. The number of nitrogens with one attached hydrogen (secondary N) is 1. The SMILES string of the molecule is CC(=O)N[C@H](C(=O)O)c1cccs1. The Labute approximate surface area is 79.2 Å². The van der Waals surface area contributed by atoms with Crippen LogP contribution in [0.15, 0.2) is 17.5 Å². The Kier molecular flexibility index (Phi) is 3.02. The number of carboxylic acids is 1. The van der Waals surface area contributed by atoms with Gasteiger partial charge in [-0.15, -0.1) is 11.3 Å². The van der Waals surface area contributed by atoms with Gasteiger partial charge in [0.25, 0.3) is 0 Å². The Bertz CT molecular complexity index is 307. The van der Waals surface area contributed by atoms with Gasteiger partial charge in [0.2, 0.25) is 5.91 Å². The molecule has 0 fully saturated rings. The quantitative estimate of drug-likeness (QED) is 0.763. The lowest BCUT2D eigenvalue weighted by molar-refractivity contribution is -0.141. The van der Waals surface area contributed by atoms with E-state index in [-0.39, 0.29) is 5.91 Å². The normalized spacial score (nSPS) is 12.1. The highest BCUT2D eigenvalue weighted by Gasteiger charge is 2.20. The number of hydrogen-bond acceptors (Lipinski definition) is 3. The third-order valence-electron chi connectivity index (χ3n) is 1.42. The fraction of sp³-hybridized carbons (Fsp3) is 0.250. The fourth-order valence-electron chi connectivity index (χ4n) is 0.913. The molecule has 0 aliphatic heterocycles. The highest BCUT2D eigenvalue weighted by Crippen LogP contribution is 2.18. The summed E-state index contributed by atoms with van der Waals surface area (Å²) in [6.45, 7) is 1.30. The van der Waals surface area contributed by atoms with Crippen LogP contribution in [0.3, 0.4) is 0 Å². The van der Waals surface area contributed by atoms with Gasteiger partial charge in [0.1, 0.15) is 0 Å². The molecule has 0 bridgehead atoms. The van der Waals surface area contributed by atoms with Crippen molar-refractivity contribution in [1.82, 2.24) is 5.32 Å². The third-order valence-corrected chi connectivity index (χ3v) is 2.36. The number of carbonyl (C=O) groups excluding carboxylic acids is 1. The van der Waals surface area contributed by atoms with Crippen molar-refractivity contribution >= 4 is 23.2 Å². The summed E-state index contributed by atoms with van der Waals surface area (Å²) in [5.41, 5.74) is 0. The van der Waals surface area contributed by atoms with Crippen LogP contribution in [-0.2, 0) is 9.59 Å². The van der Waals surface area contributed by atoms with E-state index in [0.717, 1.165) is 0 Å². The molecule has 1 aromatic heterocycles. The maximum absolute atomic E-state index is 10.7. The number of carbonyl (C=O) groups is 2. The van der Waals surface area contributed by atoms with E-state index in [9.17, 15) is 9.59 Å². The van der Waals surface area contributed by atoms with E-state index >= 15 is 0 Å². The first-order valence-corrected chi connectivity index (χ1v) is 4.52. The standard InChI is InChI=1S/C8H9NO3S/c1-5(10)9-7(8(11)12)6-3-2-4-13-6/h2-4,7H,1H3,(H,9,10)(H,11,12)/t7-/m0/s1. The second kappa shape index (κ2) is 4.04. The number of rotatable bonds is 3. The zero-order valence-corrected chi connectivity index (χ0v) is 7.80. The predicted molar refractivity (Wildman–Crippen MR) is 48.5 cm³/mol.